The Morgan fingerprint density at radius 3 is 2.84 bits per heavy atom. The lowest BCUT2D eigenvalue weighted by atomic mass is 10.2. The highest BCUT2D eigenvalue weighted by Crippen LogP contribution is 2.29. The Balaban J connectivity index is 2.00. The van der Waals surface area contributed by atoms with Crippen LogP contribution in [0.2, 0.25) is 0 Å². The first-order chi connectivity index (χ1) is 9.20. The van der Waals surface area contributed by atoms with Gasteiger partial charge in [0, 0.05) is 30.3 Å². The molecule has 104 valence electrons. The van der Waals surface area contributed by atoms with Gasteiger partial charge in [0.1, 0.15) is 5.69 Å². The van der Waals surface area contributed by atoms with Gasteiger partial charge in [-0.25, -0.2) is 0 Å². The quantitative estimate of drug-likeness (QED) is 0.489. The number of rotatable bonds is 5. The fourth-order valence-corrected chi connectivity index (χ4v) is 3.13. The molecule has 0 unspecified atom stereocenters. The van der Waals surface area contributed by atoms with Crippen LogP contribution in [0, 0.1) is 10.1 Å². The maximum absolute atomic E-state index is 10.9. The van der Waals surface area contributed by atoms with Gasteiger partial charge in [-0.05, 0) is 24.5 Å². The zero-order chi connectivity index (χ0) is 13.7. The summed E-state index contributed by atoms with van der Waals surface area (Å²) in [5.41, 5.74) is 3.65. The number of nitro benzene ring substituents is 1. The number of thioether (sulfide) groups is 1. The number of nitrogens with two attached hydrogens (primary N) is 1. The van der Waals surface area contributed by atoms with Crippen molar-refractivity contribution in [3.63, 3.8) is 0 Å². The molecule has 1 fully saturated rings. The molecule has 1 aromatic rings. The Morgan fingerprint density at radius 1 is 1.47 bits per heavy atom. The second-order valence-corrected chi connectivity index (χ2v) is 5.66. The van der Waals surface area contributed by atoms with Gasteiger partial charge in [0.05, 0.1) is 4.92 Å². The summed E-state index contributed by atoms with van der Waals surface area (Å²) in [5.74, 6) is 6.03. The third-order valence-corrected chi connectivity index (χ3v) is 4.51. The summed E-state index contributed by atoms with van der Waals surface area (Å²) >= 11 is 1.83. The van der Waals surface area contributed by atoms with E-state index in [9.17, 15) is 10.1 Å². The van der Waals surface area contributed by atoms with E-state index in [1.165, 1.54) is 0 Å². The van der Waals surface area contributed by atoms with E-state index in [0.717, 1.165) is 37.4 Å². The zero-order valence-corrected chi connectivity index (χ0v) is 11.3. The van der Waals surface area contributed by atoms with Crippen molar-refractivity contribution in [3.8, 4) is 0 Å². The monoisotopic (exact) mass is 283 g/mol. The maximum Gasteiger partial charge on any atom is 0.293 e. The van der Waals surface area contributed by atoms with Gasteiger partial charge in [-0.2, -0.15) is 11.8 Å². The Hall–Kier alpha value is -1.31. The first-order valence-electron chi connectivity index (χ1n) is 6.14. The highest BCUT2D eigenvalue weighted by Gasteiger charge is 2.16. The second kappa shape index (κ2) is 6.74. The van der Waals surface area contributed by atoms with Crippen molar-refractivity contribution in [3.05, 3.63) is 33.9 Å². The van der Waals surface area contributed by atoms with Crippen molar-refractivity contribution in [2.45, 2.75) is 23.8 Å². The number of nitrogens with zero attached hydrogens (tertiary/aromatic N) is 1. The fraction of sp³-hybridized carbons (Fsp3) is 0.500. The molecule has 19 heavy (non-hydrogen) atoms. The molecule has 0 aliphatic carbocycles. The van der Waals surface area contributed by atoms with Crippen LogP contribution in [0.5, 0.6) is 0 Å². The molecule has 0 spiro atoms. The van der Waals surface area contributed by atoms with Gasteiger partial charge < -0.3 is 10.2 Å². The van der Waals surface area contributed by atoms with Crippen LogP contribution in [0.4, 0.5) is 11.4 Å². The molecule has 1 saturated heterocycles. The van der Waals surface area contributed by atoms with E-state index in [4.69, 9.17) is 10.6 Å². The molecule has 0 bridgehead atoms. The Labute approximate surface area is 115 Å². The second-order valence-electron chi connectivity index (χ2n) is 4.38. The van der Waals surface area contributed by atoms with Crippen LogP contribution in [0.1, 0.15) is 18.4 Å². The molecular formula is C12H17N3O3S. The van der Waals surface area contributed by atoms with E-state index < -0.39 is 4.92 Å². The first kappa shape index (κ1) is 14.1. The van der Waals surface area contributed by atoms with Crippen LogP contribution in [-0.4, -0.2) is 23.4 Å². The number of benzene rings is 1. The lowest BCUT2D eigenvalue weighted by Crippen LogP contribution is -2.17. The van der Waals surface area contributed by atoms with Crippen LogP contribution >= 0.6 is 11.8 Å². The summed E-state index contributed by atoms with van der Waals surface area (Å²) in [4.78, 5) is 10.5. The first-order valence-corrected chi connectivity index (χ1v) is 7.19. The number of hydrazine groups is 1. The maximum atomic E-state index is 10.9. The summed E-state index contributed by atoms with van der Waals surface area (Å²) in [6, 6.07) is 5.11. The van der Waals surface area contributed by atoms with E-state index in [1.807, 2.05) is 17.8 Å². The van der Waals surface area contributed by atoms with Crippen LogP contribution in [0.3, 0.4) is 0 Å². The molecule has 0 atom stereocenters. The van der Waals surface area contributed by atoms with Gasteiger partial charge in [-0.3, -0.25) is 16.0 Å². The number of nitrogens with one attached hydrogen (secondary N) is 1. The Bertz CT molecular complexity index is 450. The highest BCUT2D eigenvalue weighted by atomic mass is 32.2. The minimum Gasteiger partial charge on any atom is -0.381 e. The summed E-state index contributed by atoms with van der Waals surface area (Å²) in [6.07, 6.45) is 2.10. The van der Waals surface area contributed by atoms with Gasteiger partial charge in [-0.1, -0.05) is 6.07 Å². The molecule has 0 radical (unpaired) electrons. The van der Waals surface area contributed by atoms with Crippen LogP contribution < -0.4 is 11.3 Å². The lowest BCUT2D eigenvalue weighted by molar-refractivity contribution is -0.384. The molecule has 7 heteroatoms. The van der Waals surface area contributed by atoms with E-state index in [2.05, 4.69) is 5.43 Å². The molecule has 6 nitrogen and oxygen atoms in total. The predicted molar refractivity (Wildman–Crippen MR) is 76.0 cm³/mol. The van der Waals surface area contributed by atoms with Crippen LogP contribution in [0.25, 0.3) is 0 Å². The molecule has 0 aromatic heterocycles. The number of hydrogen-bond donors (Lipinski definition) is 2. The third-order valence-electron chi connectivity index (χ3n) is 3.07. The lowest BCUT2D eigenvalue weighted by Gasteiger charge is -2.21. The Morgan fingerprint density at radius 2 is 2.21 bits per heavy atom. The average molecular weight is 283 g/mol. The largest absolute Gasteiger partial charge is 0.381 e. The number of ether oxygens (including phenoxy) is 1. The zero-order valence-electron chi connectivity index (χ0n) is 10.5. The minimum absolute atomic E-state index is 0.0209. The minimum atomic E-state index is -0.419. The Kier molecular flexibility index (Phi) is 5.00. The molecule has 0 amide bonds. The molecule has 1 aliphatic heterocycles. The molecule has 3 N–H and O–H groups in total. The number of anilines is 1. The van der Waals surface area contributed by atoms with Crippen LogP contribution in [-0.2, 0) is 10.5 Å². The standard InChI is InChI=1S/C12H17N3O3S/c13-14-11-2-1-9(7-12(11)15(16)17)8-19-10-3-5-18-6-4-10/h1-2,7,10,14H,3-6,8,13H2. The summed E-state index contributed by atoms with van der Waals surface area (Å²) in [6.45, 7) is 1.63. The van der Waals surface area contributed by atoms with Crippen molar-refractivity contribution in [2.24, 2.45) is 5.84 Å². The number of nitrogen functional groups attached to an aromatic ring is 1. The van der Waals surface area contributed by atoms with Crippen molar-refractivity contribution in [2.75, 3.05) is 18.6 Å². The number of hydrogen-bond acceptors (Lipinski definition) is 6. The summed E-state index contributed by atoms with van der Waals surface area (Å²) < 4.78 is 5.31. The average Bonchev–Trinajstić information content (AvgIpc) is 2.46. The fourth-order valence-electron chi connectivity index (χ4n) is 2.00. The van der Waals surface area contributed by atoms with Crippen LogP contribution in [0.15, 0.2) is 18.2 Å². The predicted octanol–water partition coefficient (Wildman–Crippen LogP) is 2.29. The summed E-state index contributed by atoms with van der Waals surface area (Å²) in [5, 5.41) is 11.5. The molecular weight excluding hydrogens is 266 g/mol. The highest BCUT2D eigenvalue weighted by molar-refractivity contribution is 7.99. The molecule has 2 rings (SSSR count). The van der Waals surface area contributed by atoms with Gasteiger partial charge in [0.15, 0.2) is 0 Å². The van der Waals surface area contributed by atoms with Gasteiger partial charge in [-0.15, -0.1) is 0 Å². The van der Waals surface area contributed by atoms with Gasteiger partial charge in [0.2, 0.25) is 0 Å². The van der Waals surface area contributed by atoms with Gasteiger partial charge >= 0.3 is 0 Å². The topological polar surface area (TPSA) is 90.4 Å². The van der Waals surface area contributed by atoms with E-state index in [-0.39, 0.29) is 5.69 Å². The number of nitro groups is 1. The van der Waals surface area contributed by atoms with Gasteiger partial charge in [0.25, 0.3) is 5.69 Å². The van der Waals surface area contributed by atoms with Crippen molar-refractivity contribution < 1.29 is 9.66 Å². The molecule has 1 aromatic carbocycles. The summed E-state index contributed by atoms with van der Waals surface area (Å²) in [7, 11) is 0. The molecule has 0 saturated carbocycles. The van der Waals surface area contributed by atoms with Crippen molar-refractivity contribution in [1.82, 2.24) is 0 Å². The molecule has 1 heterocycles. The van der Waals surface area contributed by atoms with Crippen molar-refractivity contribution in [1.29, 1.82) is 0 Å². The SMILES string of the molecule is NNc1ccc(CSC2CCOCC2)cc1[N+](=O)[O-]. The smallest absolute Gasteiger partial charge is 0.293 e. The van der Waals surface area contributed by atoms with E-state index in [1.54, 1.807) is 12.1 Å². The third kappa shape index (κ3) is 3.82. The normalized spacial score (nSPS) is 16.3. The van der Waals surface area contributed by atoms with E-state index in [0.29, 0.717) is 10.9 Å². The van der Waals surface area contributed by atoms with Crippen molar-refractivity contribution >= 4 is 23.1 Å². The van der Waals surface area contributed by atoms with E-state index >= 15 is 0 Å². The molecule has 1 aliphatic rings.